The number of rotatable bonds is 2. The Kier molecular flexibility index (Phi) is 3.61. The fourth-order valence-electron chi connectivity index (χ4n) is 2.26. The Labute approximate surface area is 128 Å². The van der Waals surface area contributed by atoms with E-state index in [1.54, 1.807) is 11.3 Å². The first-order chi connectivity index (χ1) is 9.55. The summed E-state index contributed by atoms with van der Waals surface area (Å²) in [5.41, 5.74) is 3.34. The first-order valence-electron chi connectivity index (χ1n) is 6.66. The summed E-state index contributed by atoms with van der Waals surface area (Å²) in [6.07, 6.45) is 4.22. The van der Waals surface area contributed by atoms with E-state index in [9.17, 15) is 0 Å². The monoisotopic (exact) mass is 302 g/mol. The van der Waals surface area contributed by atoms with Crippen molar-refractivity contribution in [1.29, 1.82) is 0 Å². The molecule has 2 heterocycles. The molecule has 0 spiro atoms. The van der Waals surface area contributed by atoms with Crippen molar-refractivity contribution in [3.8, 4) is 0 Å². The molecule has 1 aromatic heterocycles. The van der Waals surface area contributed by atoms with Crippen molar-refractivity contribution in [3.05, 3.63) is 53.1 Å². The SMILES string of the molecule is CC(C)(C)C1SC(c2cncs2)=CN1c1ccccc1. The van der Waals surface area contributed by atoms with Gasteiger partial charge < -0.3 is 4.90 Å². The van der Waals surface area contributed by atoms with Crippen molar-refractivity contribution in [2.24, 2.45) is 5.41 Å². The number of aromatic nitrogens is 1. The molecule has 0 saturated heterocycles. The van der Waals surface area contributed by atoms with E-state index in [-0.39, 0.29) is 5.41 Å². The Bertz CT molecular complexity index is 597. The molecule has 3 rings (SSSR count). The normalized spacial score (nSPS) is 19.2. The molecule has 1 aliphatic heterocycles. The highest BCUT2D eigenvalue weighted by Gasteiger charge is 2.36. The Hall–Kier alpha value is -1.26. The van der Waals surface area contributed by atoms with Gasteiger partial charge in [0.1, 0.15) is 0 Å². The van der Waals surface area contributed by atoms with E-state index < -0.39 is 0 Å². The Morgan fingerprint density at radius 1 is 1.15 bits per heavy atom. The van der Waals surface area contributed by atoms with Crippen molar-refractivity contribution >= 4 is 33.7 Å². The molecule has 2 aromatic rings. The van der Waals surface area contributed by atoms with Gasteiger partial charge in [-0.05, 0) is 17.5 Å². The Morgan fingerprint density at radius 3 is 2.50 bits per heavy atom. The first-order valence-corrected chi connectivity index (χ1v) is 8.42. The number of para-hydroxylation sites is 1. The van der Waals surface area contributed by atoms with Crippen LogP contribution >= 0.6 is 23.1 Å². The van der Waals surface area contributed by atoms with Crippen LogP contribution < -0.4 is 4.90 Å². The Balaban J connectivity index is 1.99. The minimum absolute atomic E-state index is 0.198. The van der Waals surface area contributed by atoms with Crippen LogP contribution in [0.1, 0.15) is 25.6 Å². The molecule has 2 nitrogen and oxygen atoms in total. The zero-order valence-electron chi connectivity index (χ0n) is 11.9. The maximum Gasteiger partial charge on any atom is 0.0889 e. The van der Waals surface area contributed by atoms with Gasteiger partial charge in [0.2, 0.25) is 0 Å². The van der Waals surface area contributed by atoms with Crippen LogP contribution in [0.4, 0.5) is 5.69 Å². The molecule has 0 fully saturated rings. The van der Waals surface area contributed by atoms with E-state index in [1.807, 2.05) is 23.5 Å². The molecule has 104 valence electrons. The zero-order valence-corrected chi connectivity index (χ0v) is 13.5. The molecule has 1 unspecified atom stereocenters. The molecular weight excluding hydrogens is 284 g/mol. The predicted molar refractivity (Wildman–Crippen MR) is 89.8 cm³/mol. The maximum absolute atomic E-state index is 4.20. The summed E-state index contributed by atoms with van der Waals surface area (Å²) in [5.74, 6) is 0. The minimum Gasteiger partial charge on any atom is -0.333 e. The highest BCUT2D eigenvalue weighted by molar-refractivity contribution is 8.09. The summed E-state index contributed by atoms with van der Waals surface area (Å²) in [6, 6.07) is 10.6. The van der Waals surface area contributed by atoms with Crippen molar-refractivity contribution in [2.45, 2.75) is 26.1 Å². The molecule has 1 atom stereocenters. The Morgan fingerprint density at radius 2 is 1.90 bits per heavy atom. The second kappa shape index (κ2) is 5.26. The smallest absolute Gasteiger partial charge is 0.0889 e. The molecule has 0 N–H and O–H groups in total. The van der Waals surface area contributed by atoms with E-state index in [2.05, 4.69) is 67.2 Å². The lowest BCUT2D eigenvalue weighted by Gasteiger charge is -2.35. The van der Waals surface area contributed by atoms with Gasteiger partial charge in [-0.3, -0.25) is 4.98 Å². The second-order valence-corrected chi connectivity index (χ2v) is 7.95. The van der Waals surface area contributed by atoms with Crippen LogP contribution in [0.15, 0.2) is 48.2 Å². The van der Waals surface area contributed by atoms with Gasteiger partial charge >= 0.3 is 0 Å². The molecule has 20 heavy (non-hydrogen) atoms. The summed E-state index contributed by atoms with van der Waals surface area (Å²) >= 11 is 3.64. The van der Waals surface area contributed by atoms with Gasteiger partial charge in [-0.2, -0.15) is 0 Å². The lowest BCUT2D eigenvalue weighted by Crippen LogP contribution is -2.35. The summed E-state index contributed by atoms with van der Waals surface area (Å²) in [6.45, 7) is 6.89. The quantitative estimate of drug-likeness (QED) is 0.770. The van der Waals surface area contributed by atoms with Crippen molar-refractivity contribution in [2.75, 3.05) is 4.90 Å². The summed E-state index contributed by atoms with van der Waals surface area (Å²) in [4.78, 5) is 9.15. The minimum atomic E-state index is 0.198. The van der Waals surface area contributed by atoms with Gasteiger partial charge in [-0.15, -0.1) is 11.3 Å². The molecule has 4 heteroatoms. The molecule has 0 radical (unpaired) electrons. The van der Waals surface area contributed by atoms with Crippen LogP contribution in [0, 0.1) is 5.41 Å². The summed E-state index contributed by atoms with van der Waals surface area (Å²) < 4.78 is 0. The zero-order chi connectivity index (χ0) is 14.2. The van der Waals surface area contributed by atoms with Gasteiger partial charge in [-0.1, -0.05) is 50.7 Å². The van der Waals surface area contributed by atoms with E-state index >= 15 is 0 Å². The van der Waals surface area contributed by atoms with E-state index in [1.165, 1.54) is 15.5 Å². The van der Waals surface area contributed by atoms with Crippen LogP contribution in [0.25, 0.3) is 4.91 Å². The highest BCUT2D eigenvalue weighted by Crippen LogP contribution is 2.48. The molecule has 0 bridgehead atoms. The van der Waals surface area contributed by atoms with Crippen LogP contribution in [0.3, 0.4) is 0 Å². The van der Waals surface area contributed by atoms with Crippen molar-refractivity contribution < 1.29 is 0 Å². The van der Waals surface area contributed by atoms with Gasteiger partial charge in [0.25, 0.3) is 0 Å². The molecular formula is C16H18N2S2. The van der Waals surface area contributed by atoms with Crippen LogP contribution in [0.2, 0.25) is 0 Å². The molecule has 1 aromatic carbocycles. The first kappa shape index (κ1) is 13.7. The summed E-state index contributed by atoms with van der Waals surface area (Å²) in [5, 5.41) is 0.405. The van der Waals surface area contributed by atoms with E-state index in [0.717, 1.165) is 0 Å². The summed E-state index contributed by atoms with van der Waals surface area (Å²) in [7, 11) is 0. The second-order valence-electron chi connectivity index (χ2n) is 5.94. The molecule has 1 aliphatic rings. The number of anilines is 1. The number of hydrogen-bond donors (Lipinski definition) is 0. The van der Waals surface area contributed by atoms with Gasteiger partial charge in [-0.25, -0.2) is 0 Å². The molecule has 0 aliphatic carbocycles. The lowest BCUT2D eigenvalue weighted by atomic mass is 9.95. The standard InChI is InChI=1S/C16H18N2S2/c1-16(2,3)15-18(12-7-5-4-6-8-12)10-14(20-15)13-9-17-11-19-13/h4-11,15H,1-3H3. The number of nitrogens with zero attached hydrogens (tertiary/aromatic N) is 2. The molecule has 0 saturated carbocycles. The predicted octanol–water partition coefficient (Wildman–Crippen LogP) is 5.07. The number of benzene rings is 1. The van der Waals surface area contributed by atoms with Crippen molar-refractivity contribution in [1.82, 2.24) is 4.98 Å². The number of hydrogen-bond acceptors (Lipinski definition) is 4. The topological polar surface area (TPSA) is 16.1 Å². The van der Waals surface area contributed by atoms with Gasteiger partial charge in [0.05, 0.1) is 15.8 Å². The number of thiazole rings is 1. The maximum atomic E-state index is 4.20. The van der Waals surface area contributed by atoms with Gasteiger partial charge in [0, 0.05) is 23.0 Å². The van der Waals surface area contributed by atoms with Crippen LogP contribution in [-0.4, -0.2) is 10.4 Å². The highest BCUT2D eigenvalue weighted by atomic mass is 32.2. The molecule has 0 amide bonds. The average molecular weight is 302 g/mol. The lowest BCUT2D eigenvalue weighted by molar-refractivity contribution is 0.398. The average Bonchev–Trinajstić information content (AvgIpc) is 3.08. The largest absolute Gasteiger partial charge is 0.333 e. The van der Waals surface area contributed by atoms with Crippen molar-refractivity contribution in [3.63, 3.8) is 0 Å². The fourth-order valence-corrected chi connectivity index (χ4v) is 4.31. The third kappa shape index (κ3) is 2.63. The third-order valence-electron chi connectivity index (χ3n) is 3.22. The fraction of sp³-hybridized carbons (Fsp3) is 0.312. The van der Waals surface area contributed by atoms with Gasteiger partial charge in [0.15, 0.2) is 0 Å². The van der Waals surface area contributed by atoms with E-state index in [0.29, 0.717) is 5.37 Å². The van der Waals surface area contributed by atoms with Crippen LogP contribution in [0.5, 0.6) is 0 Å². The third-order valence-corrected chi connectivity index (χ3v) is 5.89. The van der Waals surface area contributed by atoms with Crippen LogP contribution in [-0.2, 0) is 0 Å². The number of thioether (sulfide) groups is 1. The van der Waals surface area contributed by atoms with E-state index in [4.69, 9.17) is 0 Å².